The molecular weight excluding hydrogens is 488 g/mol. The molecule has 8 heteroatoms. The minimum Gasteiger partial charge on any atom is -0.490 e. The number of halogens is 2. The van der Waals surface area contributed by atoms with Crippen LogP contribution in [0.1, 0.15) is 44.2 Å². The number of ether oxygens (including phenoxy) is 3. The molecule has 3 rings (SSSR count). The Kier molecular flexibility index (Phi) is 10.4. The Labute approximate surface area is 190 Å². The lowest BCUT2D eigenvalue weighted by Crippen LogP contribution is -2.40. The smallest absolute Gasteiger partial charge is 0.191 e. The summed E-state index contributed by atoms with van der Waals surface area (Å²) in [5, 5.41) is 6.49. The number of hydrogen-bond acceptors (Lipinski definition) is 4. The van der Waals surface area contributed by atoms with Crippen LogP contribution in [0.4, 0.5) is 4.39 Å². The molecule has 0 radical (unpaired) electrons. The van der Waals surface area contributed by atoms with Crippen molar-refractivity contribution in [1.29, 1.82) is 0 Å². The highest BCUT2D eigenvalue weighted by Gasteiger charge is 2.22. The molecule has 0 bridgehead atoms. The maximum absolute atomic E-state index is 14.3. The fraction of sp³-hybridized carbons (Fsp3) is 0.667. The zero-order chi connectivity index (χ0) is 19.8. The lowest BCUT2D eigenvalue weighted by atomic mass is 10.1. The van der Waals surface area contributed by atoms with E-state index in [0.717, 1.165) is 25.0 Å². The number of benzene rings is 1. The van der Waals surface area contributed by atoms with Crippen molar-refractivity contribution < 1.29 is 18.6 Å². The van der Waals surface area contributed by atoms with E-state index in [0.29, 0.717) is 44.0 Å². The summed E-state index contributed by atoms with van der Waals surface area (Å²) in [7, 11) is 1.71. The molecule has 6 nitrogen and oxygen atoms in total. The zero-order valence-corrected chi connectivity index (χ0v) is 19.6. The molecule has 1 aliphatic heterocycles. The molecule has 1 aliphatic carbocycles. The number of rotatable bonds is 10. The highest BCUT2D eigenvalue weighted by molar-refractivity contribution is 14.0. The Balaban J connectivity index is 0.00000300. The average molecular weight is 521 g/mol. The first-order chi connectivity index (χ1) is 13.7. The Bertz CT molecular complexity index is 652. The van der Waals surface area contributed by atoms with Gasteiger partial charge in [-0.25, -0.2) is 4.39 Å². The summed E-state index contributed by atoms with van der Waals surface area (Å²) in [6.45, 7) is 5.28. The fourth-order valence-corrected chi connectivity index (χ4v) is 3.11. The van der Waals surface area contributed by atoms with Crippen LogP contribution in [0, 0.1) is 11.7 Å². The van der Waals surface area contributed by atoms with Gasteiger partial charge in [-0.15, -0.1) is 24.0 Å². The van der Waals surface area contributed by atoms with E-state index in [1.807, 2.05) is 13.0 Å². The van der Waals surface area contributed by atoms with Crippen LogP contribution in [0.5, 0.6) is 5.75 Å². The van der Waals surface area contributed by atoms with Crippen molar-refractivity contribution in [3.8, 4) is 5.75 Å². The summed E-state index contributed by atoms with van der Waals surface area (Å²) in [6, 6.07) is 5.03. The van der Waals surface area contributed by atoms with Crippen molar-refractivity contribution in [2.45, 2.75) is 44.8 Å². The molecule has 1 aromatic rings. The minimum atomic E-state index is -0.322. The fourth-order valence-electron chi connectivity index (χ4n) is 3.11. The van der Waals surface area contributed by atoms with Crippen LogP contribution in [0.3, 0.4) is 0 Å². The first kappa shape index (κ1) is 24.1. The molecule has 1 saturated heterocycles. The largest absolute Gasteiger partial charge is 0.490 e. The highest BCUT2D eigenvalue weighted by atomic mass is 127. The van der Waals surface area contributed by atoms with E-state index in [-0.39, 0.29) is 41.9 Å². The number of nitrogens with one attached hydrogen (secondary N) is 2. The van der Waals surface area contributed by atoms with E-state index < -0.39 is 0 Å². The monoisotopic (exact) mass is 521 g/mol. The topological polar surface area (TPSA) is 64.1 Å². The second kappa shape index (κ2) is 12.5. The van der Waals surface area contributed by atoms with E-state index in [9.17, 15) is 4.39 Å². The van der Waals surface area contributed by atoms with Gasteiger partial charge in [-0.3, -0.25) is 4.99 Å². The van der Waals surface area contributed by atoms with E-state index in [4.69, 9.17) is 14.2 Å². The van der Waals surface area contributed by atoms with Crippen LogP contribution in [0.15, 0.2) is 23.2 Å². The maximum atomic E-state index is 14.3. The first-order valence-electron chi connectivity index (χ1n) is 10.2. The predicted octanol–water partition coefficient (Wildman–Crippen LogP) is 3.65. The predicted molar refractivity (Wildman–Crippen MR) is 123 cm³/mol. The van der Waals surface area contributed by atoms with Gasteiger partial charge in [0.05, 0.1) is 32.0 Å². The van der Waals surface area contributed by atoms with Crippen molar-refractivity contribution >= 4 is 29.9 Å². The standard InChI is InChI=1S/C21H32FN3O3.HI/c1-15(17-7-8-20(19(22)12-17)28-13-16-5-6-16)25-21(23-2)24-9-11-26-14-18-4-3-10-27-18;/h7-8,12,15-16,18H,3-6,9-11,13-14H2,1-2H3,(H2,23,24,25);1H. The Morgan fingerprint density at radius 1 is 1.31 bits per heavy atom. The second-order valence-corrected chi connectivity index (χ2v) is 7.52. The van der Waals surface area contributed by atoms with Gasteiger partial charge in [0, 0.05) is 20.2 Å². The molecule has 0 aromatic heterocycles. The van der Waals surface area contributed by atoms with E-state index >= 15 is 0 Å². The third kappa shape index (κ3) is 8.25. The van der Waals surface area contributed by atoms with Gasteiger partial charge < -0.3 is 24.8 Å². The third-order valence-electron chi connectivity index (χ3n) is 5.07. The van der Waals surface area contributed by atoms with Crippen LogP contribution >= 0.6 is 24.0 Å². The van der Waals surface area contributed by atoms with Crippen LogP contribution in [-0.2, 0) is 9.47 Å². The summed E-state index contributed by atoms with van der Waals surface area (Å²) >= 11 is 0. The van der Waals surface area contributed by atoms with Gasteiger partial charge in [0.15, 0.2) is 17.5 Å². The summed E-state index contributed by atoms with van der Waals surface area (Å²) in [6.07, 6.45) is 4.81. The van der Waals surface area contributed by atoms with E-state index in [1.54, 1.807) is 13.1 Å². The molecule has 1 heterocycles. The Hall–Kier alpha value is -1.13. The third-order valence-corrected chi connectivity index (χ3v) is 5.07. The lowest BCUT2D eigenvalue weighted by Gasteiger charge is -2.19. The van der Waals surface area contributed by atoms with Crippen LogP contribution < -0.4 is 15.4 Å². The SMILES string of the molecule is CN=C(NCCOCC1CCCO1)NC(C)c1ccc(OCC2CC2)c(F)c1.I. The van der Waals surface area contributed by atoms with E-state index in [1.165, 1.54) is 18.9 Å². The Morgan fingerprint density at radius 3 is 2.79 bits per heavy atom. The van der Waals surface area contributed by atoms with Gasteiger partial charge in [-0.2, -0.15) is 0 Å². The summed E-state index contributed by atoms with van der Waals surface area (Å²) in [5.74, 6) is 1.26. The molecule has 0 amide bonds. The summed E-state index contributed by atoms with van der Waals surface area (Å²) in [4.78, 5) is 4.22. The van der Waals surface area contributed by atoms with Gasteiger partial charge in [0.2, 0.25) is 0 Å². The maximum Gasteiger partial charge on any atom is 0.191 e. The van der Waals surface area contributed by atoms with Gasteiger partial charge in [-0.05, 0) is 56.2 Å². The molecule has 164 valence electrons. The molecule has 29 heavy (non-hydrogen) atoms. The minimum absolute atomic E-state index is 0. The Morgan fingerprint density at radius 2 is 2.14 bits per heavy atom. The highest BCUT2D eigenvalue weighted by Crippen LogP contribution is 2.30. The first-order valence-corrected chi connectivity index (χ1v) is 10.2. The lowest BCUT2D eigenvalue weighted by molar-refractivity contribution is 0.0191. The number of aliphatic imine (C=N–C) groups is 1. The van der Waals surface area contributed by atoms with Crippen LogP contribution in [0.25, 0.3) is 0 Å². The van der Waals surface area contributed by atoms with Gasteiger partial charge in [-0.1, -0.05) is 6.07 Å². The molecule has 2 unspecified atom stereocenters. The van der Waals surface area contributed by atoms with Crippen molar-refractivity contribution in [2.24, 2.45) is 10.9 Å². The van der Waals surface area contributed by atoms with Crippen molar-refractivity contribution in [3.05, 3.63) is 29.6 Å². The van der Waals surface area contributed by atoms with E-state index in [2.05, 4.69) is 15.6 Å². The van der Waals surface area contributed by atoms with Gasteiger partial charge in [0.1, 0.15) is 0 Å². The second-order valence-electron chi connectivity index (χ2n) is 7.52. The molecule has 1 saturated carbocycles. The van der Waals surface area contributed by atoms with Crippen LogP contribution in [-0.4, -0.2) is 52.1 Å². The molecule has 2 aliphatic rings. The number of nitrogens with zero attached hydrogens (tertiary/aromatic N) is 1. The molecule has 2 fully saturated rings. The normalized spacial score (nSPS) is 20.1. The van der Waals surface area contributed by atoms with Crippen LogP contribution in [0.2, 0.25) is 0 Å². The van der Waals surface area contributed by atoms with Crippen molar-refractivity contribution in [1.82, 2.24) is 10.6 Å². The van der Waals surface area contributed by atoms with Gasteiger partial charge >= 0.3 is 0 Å². The molecule has 1 aromatic carbocycles. The number of hydrogen-bond donors (Lipinski definition) is 2. The van der Waals surface area contributed by atoms with Crippen molar-refractivity contribution in [2.75, 3.05) is 40.0 Å². The van der Waals surface area contributed by atoms with Crippen molar-refractivity contribution in [3.63, 3.8) is 0 Å². The molecule has 0 spiro atoms. The summed E-state index contributed by atoms with van der Waals surface area (Å²) < 4.78 is 31.0. The average Bonchev–Trinajstić information content (AvgIpc) is 3.38. The number of guanidine groups is 1. The molecular formula is C21H33FIN3O3. The summed E-state index contributed by atoms with van der Waals surface area (Å²) in [5.41, 5.74) is 0.842. The quantitative estimate of drug-likeness (QED) is 0.213. The molecule has 2 atom stereocenters. The zero-order valence-electron chi connectivity index (χ0n) is 17.3. The molecule has 2 N–H and O–H groups in total. The van der Waals surface area contributed by atoms with Gasteiger partial charge in [0.25, 0.3) is 0 Å².